The highest BCUT2D eigenvalue weighted by Crippen LogP contribution is 2.36. The Labute approximate surface area is 209 Å². The highest BCUT2D eigenvalue weighted by atomic mass is 35.5. The second-order valence-corrected chi connectivity index (χ2v) is 8.32. The van der Waals surface area contributed by atoms with Gasteiger partial charge in [-0.2, -0.15) is 13.2 Å². The summed E-state index contributed by atoms with van der Waals surface area (Å²) in [5.74, 6) is 0.501. The van der Waals surface area contributed by atoms with Crippen LogP contribution >= 0.6 is 11.6 Å². The summed E-state index contributed by atoms with van der Waals surface area (Å²) in [6, 6.07) is 11.3. The summed E-state index contributed by atoms with van der Waals surface area (Å²) in [5.41, 5.74) is 1.35. The summed E-state index contributed by atoms with van der Waals surface area (Å²) < 4.78 is 51.5. The van der Waals surface area contributed by atoms with Crippen LogP contribution in [0.4, 0.5) is 24.7 Å². The Balaban J connectivity index is 1.48. The number of anilines is 2. The molecule has 4 rings (SSSR count). The molecule has 36 heavy (non-hydrogen) atoms. The zero-order valence-electron chi connectivity index (χ0n) is 19.2. The average Bonchev–Trinajstić information content (AvgIpc) is 3.24. The Hall–Kier alpha value is -3.79. The molecule has 11 heteroatoms. The second-order valence-electron chi connectivity index (χ2n) is 7.91. The number of carbonyl (C=O) groups excluding carboxylic acids is 1. The van der Waals surface area contributed by atoms with E-state index in [1.54, 1.807) is 18.2 Å². The minimum Gasteiger partial charge on any atom is -0.466 e. The first-order valence-corrected chi connectivity index (χ1v) is 11.4. The number of halogens is 4. The van der Waals surface area contributed by atoms with Gasteiger partial charge in [-0.3, -0.25) is 4.79 Å². The molecular weight excluding hydrogens is 497 g/mol. The van der Waals surface area contributed by atoms with Crippen LogP contribution in [0.25, 0.3) is 11.0 Å². The molecule has 4 aromatic rings. The molecule has 0 radical (unpaired) electrons. The lowest BCUT2D eigenvalue weighted by Crippen LogP contribution is -2.05. The van der Waals surface area contributed by atoms with Crippen LogP contribution in [0.15, 0.2) is 61.1 Å². The molecule has 0 aliphatic rings. The van der Waals surface area contributed by atoms with Crippen molar-refractivity contribution in [2.45, 2.75) is 32.5 Å². The maximum atomic E-state index is 13.0. The van der Waals surface area contributed by atoms with E-state index in [0.29, 0.717) is 24.7 Å². The van der Waals surface area contributed by atoms with Crippen molar-refractivity contribution in [3.05, 3.63) is 71.6 Å². The van der Waals surface area contributed by atoms with E-state index >= 15 is 0 Å². The number of benzene rings is 2. The van der Waals surface area contributed by atoms with Crippen LogP contribution in [-0.4, -0.2) is 27.1 Å². The highest BCUT2D eigenvalue weighted by molar-refractivity contribution is 6.32. The molecule has 0 aliphatic heterocycles. The molecule has 0 bridgehead atoms. The minimum absolute atomic E-state index is 0.0245. The molecule has 2 aromatic carbocycles. The number of nitrogens with one attached hydrogen (secondary N) is 1. The van der Waals surface area contributed by atoms with E-state index in [0.717, 1.165) is 36.0 Å². The van der Waals surface area contributed by atoms with Gasteiger partial charge in [0.1, 0.15) is 23.3 Å². The molecule has 0 atom stereocenters. The van der Waals surface area contributed by atoms with Crippen molar-refractivity contribution >= 4 is 40.1 Å². The molecule has 0 spiro atoms. The lowest BCUT2D eigenvalue weighted by Gasteiger charge is -2.13. The number of ether oxygens (including phenoxy) is 2. The number of hydrogen-bond acceptors (Lipinski definition) is 6. The summed E-state index contributed by atoms with van der Waals surface area (Å²) in [7, 11) is 0. The largest absolute Gasteiger partial charge is 0.466 e. The van der Waals surface area contributed by atoms with Crippen LogP contribution in [0.5, 0.6) is 11.5 Å². The molecule has 0 fully saturated rings. The van der Waals surface area contributed by atoms with Gasteiger partial charge in [-0.1, -0.05) is 17.7 Å². The molecule has 2 aromatic heterocycles. The number of aryl methyl sites for hydroxylation is 1. The SMILES string of the molecule is CC(=O)OCCCCn1ccc2ncnc(Nc3ccc(Oc4cccc(C(F)(F)F)c4)c(Cl)c3)c21. The van der Waals surface area contributed by atoms with E-state index in [1.807, 2.05) is 16.8 Å². The number of hydrogen-bond donors (Lipinski definition) is 1. The summed E-state index contributed by atoms with van der Waals surface area (Å²) in [5, 5.41) is 3.43. The van der Waals surface area contributed by atoms with Crippen LogP contribution in [0.3, 0.4) is 0 Å². The van der Waals surface area contributed by atoms with Crippen molar-refractivity contribution in [3.8, 4) is 11.5 Å². The van der Waals surface area contributed by atoms with Crippen LogP contribution in [-0.2, 0) is 22.3 Å². The Morgan fingerprint density at radius 2 is 1.94 bits per heavy atom. The van der Waals surface area contributed by atoms with Crippen LogP contribution in [0.2, 0.25) is 5.02 Å². The first kappa shape index (κ1) is 25.3. The van der Waals surface area contributed by atoms with E-state index < -0.39 is 11.7 Å². The van der Waals surface area contributed by atoms with Crippen molar-refractivity contribution in [2.75, 3.05) is 11.9 Å². The van der Waals surface area contributed by atoms with E-state index in [4.69, 9.17) is 21.1 Å². The van der Waals surface area contributed by atoms with Crippen molar-refractivity contribution in [1.29, 1.82) is 0 Å². The van der Waals surface area contributed by atoms with Gasteiger partial charge in [0, 0.05) is 25.4 Å². The average molecular weight is 519 g/mol. The van der Waals surface area contributed by atoms with Gasteiger partial charge in [0.15, 0.2) is 5.82 Å². The molecule has 0 saturated carbocycles. The van der Waals surface area contributed by atoms with Crippen LogP contribution in [0.1, 0.15) is 25.3 Å². The molecule has 0 amide bonds. The van der Waals surface area contributed by atoms with Gasteiger partial charge in [0.25, 0.3) is 0 Å². The smallest absolute Gasteiger partial charge is 0.416 e. The Morgan fingerprint density at radius 1 is 1.11 bits per heavy atom. The van der Waals surface area contributed by atoms with E-state index in [-0.39, 0.29) is 22.5 Å². The molecule has 1 N–H and O–H groups in total. The van der Waals surface area contributed by atoms with E-state index in [2.05, 4.69) is 15.3 Å². The van der Waals surface area contributed by atoms with Crippen molar-refractivity contribution in [2.24, 2.45) is 0 Å². The fraction of sp³-hybridized carbons (Fsp3) is 0.240. The summed E-state index contributed by atoms with van der Waals surface area (Å²) >= 11 is 6.36. The third-order valence-electron chi connectivity index (χ3n) is 5.23. The standard InChI is InChI=1S/C25H22ClF3N4O3/c1-16(34)35-12-3-2-10-33-11-9-21-23(33)24(31-15-30-21)32-18-7-8-22(20(26)14-18)36-19-6-4-5-17(13-19)25(27,28)29/h4-9,11,13-15H,2-3,10,12H2,1H3,(H,30,31,32). The number of carbonyl (C=O) groups is 1. The zero-order chi connectivity index (χ0) is 25.7. The van der Waals surface area contributed by atoms with Gasteiger partial charge in [-0.25, -0.2) is 9.97 Å². The summed E-state index contributed by atoms with van der Waals surface area (Å²) in [6.45, 7) is 2.42. The van der Waals surface area contributed by atoms with Gasteiger partial charge in [0.05, 0.1) is 22.7 Å². The summed E-state index contributed by atoms with van der Waals surface area (Å²) in [4.78, 5) is 19.6. The number of fused-ring (bicyclic) bond motifs is 1. The fourth-order valence-corrected chi connectivity index (χ4v) is 3.79. The normalized spacial score (nSPS) is 11.5. The maximum absolute atomic E-state index is 13.0. The molecule has 0 unspecified atom stereocenters. The molecule has 188 valence electrons. The number of esters is 1. The van der Waals surface area contributed by atoms with E-state index in [1.165, 1.54) is 25.4 Å². The number of aromatic nitrogens is 3. The van der Waals surface area contributed by atoms with Gasteiger partial charge in [0.2, 0.25) is 0 Å². The molecule has 0 aliphatic carbocycles. The van der Waals surface area contributed by atoms with Crippen molar-refractivity contribution in [1.82, 2.24) is 14.5 Å². The first-order chi connectivity index (χ1) is 17.2. The maximum Gasteiger partial charge on any atom is 0.416 e. The van der Waals surface area contributed by atoms with Crippen molar-refractivity contribution < 1.29 is 27.4 Å². The number of nitrogens with zero attached hydrogens (tertiary/aromatic N) is 3. The quantitative estimate of drug-likeness (QED) is 0.190. The van der Waals surface area contributed by atoms with Gasteiger partial charge in [-0.05, 0) is 55.3 Å². The van der Waals surface area contributed by atoms with E-state index in [9.17, 15) is 18.0 Å². The topological polar surface area (TPSA) is 78.3 Å². The summed E-state index contributed by atoms with van der Waals surface area (Å²) in [6.07, 6.45) is 0.398. The molecule has 2 heterocycles. The third-order valence-corrected chi connectivity index (χ3v) is 5.53. The lowest BCUT2D eigenvalue weighted by molar-refractivity contribution is -0.141. The van der Waals surface area contributed by atoms with Crippen LogP contribution < -0.4 is 10.1 Å². The Kier molecular flexibility index (Phi) is 7.64. The Morgan fingerprint density at radius 3 is 2.69 bits per heavy atom. The molecule has 0 saturated heterocycles. The molecular formula is C25H22ClF3N4O3. The van der Waals surface area contributed by atoms with Crippen LogP contribution in [0, 0.1) is 0 Å². The van der Waals surface area contributed by atoms with Gasteiger partial charge >= 0.3 is 12.1 Å². The third kappa shape index (κ3) is 6.25. The first-order valence-electron chi connectivity index (χ1n) is 11.1. The Bertz CT molecular complexity index is 1370. The van der Waals surface area contributed by atoms with Crippen molar-refractivity contribution in [3.63, 3.8) is 0 Å². The number of alkyl halides is 3. The lowest BCUT2D eigenvalue weighted by atomic mass is 10.2. The fourth-order valence-electron chi connectivity index (χ4n) is 3.57. The second kappa shape index (κ2) is 10.9. The monoisotopic (exact) mass is 518 g/mol. The number of unbranched alkanes of at least 4 members (excludes halogenated alkanes) is 1. The van der Waals surface area contributed by atoms with Gasteiger partial charge < -0.3 is 19.4 Å². The number of rotatable bonds is 9. The minimum atomic E-state index is -4.47. The zero-order valence-corrected chi connectivity index (χ0v) is 19.9. The predicted molar refractivity (Wildman–Crippen MR) is 130 cm³/mol. The predicted octanol–water partition coefficient (Wildman–Crippen LogP) is 6.98. The molecule has 7 nitrogen and oxygen atoms in total. The van der Waals surface area contributed by atoms with Gasteiger partial charge in [-0.15, -0.1) is 0 Å². The highest BCUT2D eigenvalue weighted by Gasteiger charge is 2.30.